The number of anilines is 1. The van der Waals surface area contributed by atoms with E-state index in [4.69, 9.17) is 0 Å². The van der Waals surface area contributed by atoms with Crippen LogP contribution in [-0.2, 0) is 10.0 Å². The first-order valence-corrected chi connectivity index (χ1v) is 11.0. The number of nitrogens with zero attached hydrogens (tertiary/aromatic N) is 2. The summed E-state index contributed by atoms with van der Waals surface area (Å²) in [5.41, 5.74) is 0.514. The number of hydrogen-bond acceptors (Lipinski definition) is 5. The molecule has 7 nitrogen and oxygen atoms in total. The van der Waals surface area contributed by atoms with Crippen molar-refractivity contribution in [2.24, 2.45) is 0 Å². The maximum atomic E-state index is 12.4. The van der Waals surface area contributed by atoms with E-state index in [0.717, 1.165) is 0 Å². The summed E-state index contributed by atoms with van der Waals surface area (Å²) < 4.78 is 26.0. The molecule has 0 aliphatic carbocycles. The van der Waals surface area contributed by atoms with E-state index < -0.39 is 10.0 Å². The van der Waals surface area contributed by atoms with Gasteiger partial charge in [-0.2, -0.15) is 4.31 Å². The van der Waals surface area contributed by atoms with Gasteiger partial charge in [-0.05, 0) is 49.8 Å². The number of hydrogen-bond donors (Lipinski definition) is 2. The lowest BCUT2D eigenvalue weighted by molar-refractivity contribution is 0.244. The molecule has 2 aromatic rings. The number of rotatable bonds is 9. The minimum absolute atomic E-state index is 0.0821. The second-order valence-electron chi connectivity index (χ2n) is 6.43. The van der Waals surface area contributed by atoms with E-state index >= 15 is 0 Å². The van der Waals surface area contributed by atoms with E-state index in [9.17, 15) is 13.2 Å². The molecule has 2 rings (SSSR count). The van der Waals surface area contributed by atoms with Crippen LogP contribution in [0.1, 0.15) is 10.9 Å². The van der Waals surface area contributed by atoms with Gasteiger partial charge in [0.25, 0.3) is 0 Å². The summed E-state index contributed by atoms with van der Waals surface area (Å²) in [6.07, 6.45) is 1.52. The van der Waals surface area contributed by atoms with Crippen LogP contribution in [0.2, 0.25) is 0 Å². The smallest absolute Gasteiger partial charge is 0.319 e. The summed E-state index contributed by atoms with van der Waals surface area (Å²) in [5, 5.41) is 7.59. The highest BCUT2D eigenvalue weighted by Gasteiger charge is 2.20. The third kappa shape index (κ3) is 5.65. The van der Waals surface area contributed by atoms with Crippen molar-refractivity contribution in [2.75, 3.05) is 39.5 Å². The zero-order valence-electron chi connectivity index (χ0n) is 16.3. The monoisotopic (exact) mass is 422 g/mol. The molecular weight excluding hydrogens is 396 g/mol. The highest BCUT2D eigenvalue weighted by molar-refractivity contribution is 7.89. The van der Waals surface area contributed by atoms with E-state index in [1.54, 1.807) is 23.5 Å². The van der Waals surface area contributed by atoms with Crippen LogP contribution in [0.5, 0.6) is 0 Å². The molecule has 2 amide bonds. The molecule has 1 unspecified atom stereocenters. The third-order valence-electron chi connectivity index (χ3n) is 4.16. The Labute approximate surface area is 170 Å². The van der Waals surface area contributed by atoms with Crippen molar-refractivity contribution in [3.63, 3.8) is 0 Å². The van der Waals surface area contributed by atoms with Crippen molar-refractivity contribution in [1.82, 2.24) is 14.5 Å². The van der Waals surface area contributed by atoms with Crippen molar-refractivity contribution in [1.29, 1.82) is 0 Å². The minimum Gasteiger partial charge on any atom is -0.336 e. The molecule has 1 atom stereocenters. The highest BCUT2D eigenvalue weighted by Crippen LogP contribution is 2.22. The molecular formula is C19H26N4O3S2. The molecule has 2 N–H and O–H groups in total. The number of thiophene rings is 1. The molecule has 0 radical (unpaired) electrons. The summed E-state index contributed by atoms with van der Waals surface area (Å²) in [5.74, 6) is 0. The fourth-order valence-electron chi connectivity index (χ4n) is 2.55. The van der Waals surface area contributed by atoms with Crippen molar-refractivity contribution < 1.29 is 13.2 Å². The minimum atomic E-state index is -3.57. The van der Waals surface area contributed by atoms with Gasteiger partial charge in [0.15, 0.2) is 0 Å². The molecule has 0 spiro atoms. The number of benzene rings is 1. The second-order valence-corrected chi connectivity index (χ2v) is 9.45. The van der Waals surface area contributed by atoms with Crippen LogP contribution in [0, 0.1) is 0 Å². The predicted molar refractivity (Wildman–Crippen MR) is 114 cm³/mol. The predicted octanol–water partition coefficient (Wildman–Crippen LogP) is 2.98. The molecule has 28 heavy (non-hydrogen) atoms. The third-order valence-corrected chi connectivity index (χ3v) is 6.97. The molecule has 0 saturated carbocycles. The van der Waals surface area contributed by atoms with Crippen molar-refractivity contribution in [2.45, 2.75) is 10.9 Å². The summed E-state index contributed by atoms with van der Waals surface area (Å²) in [4.78, 5) is 15.6. The first-order valence-electron chi connectivity index (χ1n) is 8.67. The SMILES string of the molecule is C=CCN(C)S(=O)(=O)c1ccc(NC(=O)NCC(c2cccs2)N(C)C)cc1. The molecule has 1 aromatic carbocycles. The number of nitrogens with one attached hydrogen (secondary N) is 2. The van der Waals surface area contributed by atoms with Gasteiger partial charge in [-0.3, -0.25) is 0 Å². The average molecular weight is 423 g/mol. The molecule has 0 fully saturated rings. The van der Waals surface area contributed by atoms with Gasteiger partial charge in [0.05, 0.1) is 10.9 Å². The van der Waals surface area contributed by atoms with Gasteiger partial charge < -0.3 is 15.5 Å². The number of carbonyl (C=O) groups is 1. The first kappa shape index (κ1) is 22.1. The van der Waals surface area contributed by atoms with Gasteiger partial charge in [0.1, 0.15) is 0 Å². The lowest BCUT2D eigenvalue weighted by Crippen LogP contribution is -2.36. The Morgan fingerprint density at radius 1 is 1.21 bits per heavy atom. The Morgan fingerprint density at radius 3 is 2.43 bits per heavy atom. The lowest BCUT2D eigenvalue weighted by atomic mass is 10.2. The van der Waals surface area contributed by atoms with Gasteiger partial charge in [-0.25, -0.2) is 13.2 Å². The van der Waals surface area contributed by atoms with E-state index in [0.29, 0.717) is 12.2 Å². The van der Waals surface area contributed by atoms with Crippen LogP contribution in [0.4, 0.5) is 10.5 Å². The van der Waals surface area contributed by atoms with Crippen LogP contribution in [-0.4, -0.2) is 57.9 Å². The molecule has 152 valence electrons. The fraction of sp³-hybridized carbons (Fsp3) is 0.316. The Balaban J connectivity index is 1.96. The number of sulfonamides is 1. The maximum Gasteiger partial charge on any atom is 0.319 e. The maximum absolute atomic E-state index is 12.4. The summed E-state index contributed by atoms with van der Waals surface area (Å²) in [6, 6.07) is 9.84. The van der Waals surface area contributed by atoms with Crippen molar-refractivity contribution in [3.05, 3.63) is 59.3 Å². The largest absolute Gasteiger partial charge is 0.336 e. The standard InChI is InChI=1S/C19H26N4O3S2/c1-5-12-23(4)28(25,26)16-10-8-15(9-11-16)21-19(24)20-14-17(22(2)3)18-7-6-13-27-18/h5-11,13,17H,1,12,14H2,2-4H3,(H2,20,21,24). The summed E-state index contributed by atoms with van der Waals surface area (Å²) in [7, 11) is 1.85. The lowest BCUT2D eigenvalue weighted by Gasteiger charge is -2.23. The van der Waals surface area contributed by atoms with E-state index in [-0.39, 0.29) is 23.5 Å². The Morgan fingerprint density at radius 2 is 1.89 bits per heavy atom. The number of likely N-dealkylation sites (N-methyl/N-ethyl adjacent to an activating group) is 2. The first-order chi connectivity index (χ1) is 13.3. The number of amides is 2. The molecule has 0 saturated heterocycles. The van der Waals surface area contributed by atoms with Gasteiger partial charge in [0.2, 0.25) is 10.0 Å². The molecule has 1 heterocycles. The van der Waals surface area contributed by atoms with Crippen LogP contribution in [0.15, 0.2) is 59.3 Å². The van der Waals surface area contributed by atoms with Gasteiger partial charge >= 0.3 is 6.03 Å². The molecule has 0 aliphatic heterocycles. The molecule has 0 bridgehead atoms. The number of urea groups is 1. The Kier molecular flexibility index (Phi) is 7.76. The van der Waals surface area contributed by atoms with Gasteiger partial charge in [0, 0.05) is 30.7 Å². The van der Waals surface area contributed by atoms with Crippen LogP contribution >= 0.6 is 11.3 Å². The zero-order valence-corrected chi connectivity index (χ0v) is 17.9. The molecule has 0 aliphatic rings. The van der Waals surface area contributed by atoms with Crippen LogP contribution in [0.25, 0.3) is 0 Å². The average Bonchev–Trinajstić information content (AvgIpc) is 3.16. The van der Waals surface area contributed by atoms with Crippen LogP contribution in [0.3, 0.4) is 0 Å². The molecule has 9 heteroatoms. The quantitative estimate of drug-likeness (QED) is 0.609. The summed E-state index contributed by atoms with van der Waals surface area (Å²) in [6.45, 7) is 4.23. The van der Waals surface area contributed by atoms with E-state index in [1.165, 1.54) is 34.4 Å². The van der Waals surface area contributed by atoms with Gasteiger partial charge in [-0.1, -0.05) is 12.1 Å². The highest BCUT2D eigenvalue weighted by atomic mass is 32.2. The van der Waals surface area contributed by atoms with Crippen molar-refractivity contribution in [3.8, 4) is 0 Å². The van der Waals surface area contributed by atoms with E-state index in [1.807, 2.05) is 36.5 Å². The Hall–Kier alpha value is -2.20. The zero-order chi connectivity index (χ0) is 20.7. The van der Waals surface area contributed by atoms with Gasteiger partial charge in [-0.15, -0.1) is 17.9 Å². The second kappa shape index (κ2) is 9.83. The number of carbonyl (C=O) groups excluding carboxylic acids is 1. The molecule has 1 aromatic heterocycles. The van der Waals surface area contributed by atoms with Crippen molar-refractivity contribution >= 4 is 33.1 Å². The Bertz CT molecular complexity index is 878. The fourth-order valence-corrected chi connectivity index (χ4v) is 4.62. The normalized spacial score (nSPS) is 12.8. The topological polar surface area (TPSA) is 81.8 Å². The summed E-state index contributed by atoms with van der Waals surface area (Å²) >= 11 is 1.64. The van der Waals surface area contributed by atoms with Crippen LogP contribution < -0.4 is 10.6 Å². The van der Waals surface area contributed by atoms with E-state index in [2.05, 4.69) is 17.2 Å².